The molecule has 1 heterocycles. The van der Waals surface area contributed by atoms with Gasteiger partial charge in [-0.25, -0.2) is 4.39 Å². The van der Waals surface area contributed by atoms with Crippen LogP contribution in [-0.4, -0.2) is 17.6 Å². The highest BCUT2D eigenvalue weighted by Crippen LogP contribution is 2.28. The third-order valence-electron chi connectivity index (χ3n) is 3.68. The van der Waals surface area contributed by atoms with Gasteiger partial charge in [-0.15, -0.1) is 0 Å². The van der Waals surface area contributed by atoms with E-state index in [0.717, 1.165) is 5.01 Å². The summed E-state index contributed by atoms with van der Waals surface area (Å²) in [7, 11) is 0. The molecule has 0 N–H and O–H groups in total. The first-order valence-electron chi connectivity index (χ1n) is 7.25. The van der Waals surface area contributed by atoms with Crippen molar-refractivity contribution in [2.24, 2.45) is 5.10 Å². The maximum Gasteiger partial charge on any atom is 0.280 e. The van der Waals surface area contributed by atoms with Gasteiger partial charge in [0.25, 0.3) is 5.91 Å². The zero-order valence-electron chi connectivity index (χ0n) is 13.0. The van der Waals surface area contributed by atoms with Crippen LogP contribution in [0, 0.1) is 5.82 Å². The molecule has 0 unspecified atom stereocenters. The number of hydrogen-bond donors (Lipinski definition) is 0. The van der Waals surface area contributed by atoms with Crippen LogP contribution in [0.4, 0.5) is 10.1 Å². The molecule has 2 aromatic carbocycles. The first-order chi connectivity index (χ1) is 11.9. The number of nitrogens with zero attached hydrogens (tertiary/aromatic N) is 2. The first kappa shape index (κ1) is 16.9. The molecule has 1 aliphatic heterocycles. The molecule has 25 heavy (non-hydrogen) atoms. The Balaban J connectivity index is 2.00. The van der Waals surface area contributed by atoms with Crippen molar-refractivity contribution in [2.45, 2.75) is 6.92 Å². The monoisotopic (exact) mass is 357 g/mol. The predicted molar refractivity (Wildman–Crippen MR) is 90.8 cm³/mol. The van der Waals surface area contributed by atoms with E-state index in [2.05, 4.69) is 5.10 Å². The Labute approximate surface area is 147 Å². The average molecular weight is 358 g/mol. The van der Waals surface area contributed by atoms with Crippen molar-refractivity contribution < 1.29 is 19.1 Å². The van der Waals surface area contributed by atoms with Gasteiger partial charge in [0.2, 0.25) is 0 Å². The summed E-state index contributed by atoms with van der Waals surface area (Å²) < 4.78 is 13.8. The van der Waals surface area contributed by atoms with Crippen molar-refractivity contribution in [3.8, 4) is 0 Å². The number of carboxylic acid groups (broad SMARTS) is 1. The molecule has 126 valence electrons. The largest absolute Gasteiger partial charge is 0.545 e. The Morgan fingerprint density at radius 1 is 1.28 bits per heavy atom. The Kier molecular flexibility index (Phi) is 4.37. The number of carbonyl (C=O) groups excluding carboxylic acids is 2. The van der Waals surface area contributed by atoms with E-state index in [-0.39, 0.29) is 27.4 Å². The molecule has 0 aromatic heterocycles. The molecule has 0 saturated heterocycles. The van der Waals surface area contributed by atoms with Gasteiger partial charge in [-0.3, -0.25) is 4.79 Å². The molecule has 0 aliphatic carbocycles. The van der Waals surface area contributed by atoms with Crippen molar-refractivity contribution in [3.05, 3.63) is 70.0 Å². The molecule has 5 nitrogen and oxygen atoms in total. The van der Waals surface area contributed by atoms with E-state index in [4.69, 9.17) is 11.6 Å². The van der Waals surface area contributed by atoms with Gasteiger partial charge in [-0.05, 0) is 37.3 Å². The van der Waals surface area contributed by atoms with Crippen LogP contribution in [0.3, 0.4) is 0 Å². The maximum absolute atomic E-state index is 13.8. The molecule has 0 bridgehead atoms. The van der Waals surface area contributed by atoms with Crippen LogP contribution in [0.25, 0.3) is 6.08 Å². The van der Waals surface area contributed by atoms with Gasteiger partial charge >= 0.3 is 0 Å². The lowest BCUT2D eigenvalue weighted by molar-refractivity contribution is -0.255. The minimum Gasteiger partial charge on any atom is -0.545 e. The zero-order chi connectivity index (χ0) is 18.1. The highest BCUT2D eigenvalue weighted by molar-refractivity contribution is 6.34. The smallest absolute Gasteiger partial charge is 0.280 e. The molecule has 3 rings (SSSR count). The second-order valence-electron chi connectivity index (χ2n) is 5.33. The second-order valence-corrected chi connectivity index (χ2v) is 5.74. The van der Waals surface area contributed by atoms with Gasteiger partial charge in [-0.2, -0.15) is 10.1 Å². The number of rotatable bonds is 3. The third-order valence-corrected chi connectivity index (χ3v) is 4.01. The highest BCUT2D eigenvalue weighted by Gasteiger charge is 2.29. The van der Waals surface area contributed by atoms with Crippen LogP contribution in [0.1, 0.15) is 22.8 Å². The van der Waals surface area contributed by atoms with E-state index in [0.29, 0.717) is 5.71 Å². The van der Waals surface area contributed by atoms with Crippen LogP contribution in [0.15, 0.2) is 53.1 Å². The normalized spacial score (nSPS) is 15.6. The van der Waals surface area contributed by atoms with Crippen molar-refractivity contribution in [2.75, 3.05) is 5.01 Å². The lowest BCUT2D eigenvalue weighted by Crippen LogP contribution is -2.25. The van der Waals surface area contributed by atoms with Crippen molar-refractivity contribution in [3.63, 3.8) is 0 Å². The Morgan fingerprint density at radius 2 is 2.00 bits per heavy atom. The summed E-state index contributed by atoms with van der Waals surface area (Å²) in [4.78, 5) is 23.7. The molecule has 0 atom stereocenters. The van der Waals surface area contributed by atoms with Gasteiger partial charge in [0.05, 0.1) is 22.9 Å². The molecule has 7 heteroatoms. The highest BCUT2D eigenvalue weighted by atomic mass is 35.5. The topological polar surface area (TPSA) is 72.8 Å². The van der Waals surface area contributed by atoms with Gasteiger partial charge in [0.1, 0.15) is 5.82 Å². The number of amides is 1. The fourth-order valence-corrected chi connectivity index (χ4v) is 2.60. The SMILES string of the molecule is CC1=NN(c2ccc(Cl)c(C(=O)[O-])c2)C(=O)/C1=C/c1ccccc1F. The van der Waals surface area contributed by atoms with E-state index < -0.39 is 17.7 Å². The number of carboxylic acids is 1. The van der Waals surface area contributed by atoms with Gasteiger partial charge in [-0.1, -0.05) is 29.8 Å². The van der Waals surface area contributed by atoms with E-state index in [9.17, 15) is 19.1 Å². The molecule has 0 spiro atoms. The number of carbonyl (C=O) groups is 2. The van der Waals surface area contributed by atoms with Crippen LogP contribution in [-0.2, 0) is 4.79 Å². The van der Waals surface area contributed by atoms with Crippen LogP contribution in [0.5, 0.6) is 0 Å². The minimum absolute atomic E-state index is 0.00165. The van der Waals surface area contributed by atoms with E-state index >= 15 is 0 Å². The maximum atomic E-state index is 13.8. The predicted octanol–water partition coefficient (Wildman–Crippen LogP) is 2.65. The summed E-state index contributed by atoms with van der Waals surface area (Å²) in [5.74, 6) is -2.41. The van der Waals surface area contributed by atoms with Crippen molar-refractivity contribution in [1.29, 1.82) is 0 Å². The Hall–Kier alpha value is -2.99. The summed E-state index contributed by atoms with van der Waals surface area (Å²) in [5, 5.41) is 16.3. The lowest BCUT2D eigenvalue weighted by atomic mass is 10.1. The number of hydrazone groups is 1. The molecule has 0 radical (unpaired) electrons. The summed E-state index contributed by atoms with van der Waals surface area (Å²) in [6, 6.07) is 10.1. The first-order valence-corrected chi connectivity index (χ1v) is 7.63. The number of aromatic carboxylic acids is 1. The summed E-state index contributed by atoms with van der Waals surface area (Å²) in [6.07, 6.45) is 1.41. The second kappa shape index (κ2) is 6.49. The lowest BCUT2D eigenvalue weighted by Gasteiger charge is -2.14. The summed E-state index contributed by atoms with van der Waals surface area (Å²) >= 11 is 5.80. The van der Waals surface area contributed by atoms with Crippen LogP contribution in [0.2, 0.25) is 5.02 Å². The van der Waals surface area contributed by atoms with E-state index in [1.54, 1.807) is 25.1 Å². The van der Waals surface area contributed by atoms with Crippen molar-refractivity contribution >= 4 is 41.0 Å². The van der Waals surface area contributed by atoms with Crippen LogP contribution < -0.4 is 10.1 Å². The van der Waals surface area contributed by atoms with E-state index in [1.807, 2.05) is 0 Å². The fraction of sp³-hybridized carbons (Fsp3) is 0.0556. The summed E-state index contributed by atoms with van der Waals surface area (Å²) in [6.45, 7) is 1.61. The van der Waals surface area contributed by atoms with Crippen molar-refractivity contribution in [1.82, 2.24) is 0 Å². The number of anilines is 1. The Bertz CT molecular complexity index is 953. The molecular formula is C18H11ClFN2O3-. The molecule has 0 saturated carbocycles. The summed E-state index contributed by atoms with van der Waals surface area (Å²) in [5.41, 5.74) is 0.846. The third kappa shape index (κ3) is 3.16. The average Bonchev–Trinajstić information content (AvgIpc) is 2.85. The number of hydrogen-bond acceptors (Lipinski definition) is 4. The Morgan fingerprint density at radius 3 is 2.68 bits per heavy atom. The van der Waals surface area contributed by atoms with E-state index in [1.165, 1.54) is 30.3 Å². The molecular weight excluding hydrogens is 347 g/mol. The van der Waals surface area contributed by atoms with Gasteiger partial charge in [0, 0.05) is 16.1 Å². The number of halogens is 2. The molecule has 0 fully saturated rings. The molecule has 2 aromatic rings. The quantitative estimate of drug-likeness (QED) is 0.793. The molecule has 1 aliphatic rings. The number of benzene rings is 2. The van der Waals surface area contributed by atoms with Gasteiger partial charge in [0.15, 0.2) is 0 Å². The molecule has 1 amide bonds. The minimum atomic E-state index is -1.46. The zero-order valence-corrected chi connectivity index (χ0v) is 13.7. The van der Waals surface area contributed by atoms with Gasteiger partial charge < -0.3 is 9.90 Å². The fourth-order valence-electron chi connectivity index (χ4n) is 2.41. The standard InChI is InChI=1S/C18H12ClFN2O3/c1-10-13(8-11-4-2-3-5-16(11)20)17(23)22(21-10)12-6-7-15(19)14(9-12)18(24)25/h2-9H,1H3,(H,24,25)/p-1/b13-8+. The van der Waals surface area contributed by atoms with Crippen LogP contribution >= 0.6 is 11.6 Å².